The summed E-state index contributed by atoms with van der Waals surface area (Å²) >= 11 is 0. The molecule has 3 aromatic rings. The number of nitrogens with zero attached hydrogens (tertiary/aromatic N) is 2. The van der Waals surface area contributed by atoms with Crippen molar-refractivity contribution in [3.8, 4) is 0 Å². The lowest BCUT2D eigenvalue weighted by Crippen LogP contribution is -2.56. The molecule has 146 valence electrons. The number of hydrogen-bond acceptors (Lipinski definition) is 2. The lowest BCUT2D eigenvalue weighted by molar-refractivity contribution is -0.138. The lowest BCUT2D eigenvalue weighted by atomic mass is 9.63. The van der Waals surface area contributed by atoms with Gasteiger partial charge in [0, 0.05) is 30.3 Å². The first kappa shape index (κ1) is 18.1. The Labute approximate surface area is 172 Å². The van der Waals surface area contributed by atoms with Crippen molar-refractivity contribution in [2.45, 2.75) is 44.1 Å². The monoisotopic (exact) mass is 382 g/mol. The molecule has 2 aromatic carbocycles. The predicted molar refractivity (Wildman–Crippen MR) is 119 cm³/mol. The van der Waals surface area contributed by atoms with E-state index in [-0.39, 0.29) is 5.41 Å². The van der Waals surface area contributed by atoms with Crippen LogP contribution in [0.5, 0.6) is 0 Å². The smallest absolute Gasteiger partial charge is 0.222 e. The summed E-state index contributed by atoms with van der Waals surface area (Å²) in [6.45, 7) is 2.34. The lowest BCUT2D eigenvalue weighted by Gasteiger charge is -2.50. The number of fused-ring (bicyclic) bond motifs is 4. The second-order valence-electron chi connectivity index (χ2n) is 8.66. The Hall–Kier alpha value is -2.94. The average molecular weight is 383 g/mol. The first-order valence-electron chi connectivity index (χ1n) is 10.5. The standard InChI is InChI=1S/C26H26N2O/c1-26-16-15-25(29)28(2)24(26)14-10-20-17-18(8-13-22(20)26)7-11-21-12-9-19-5-3-4-6-23(19)27-21/h3-9,11-13,17,24H,10,14-16H2,1-2H3/t24-,26-/m1/s1. The summed E-state index contributed by atoms with van der Waals surface area (Å²) in [5.41, 5.74) is 6.13. The molecule has 0 radical (unpaired) electrons. The second-order valence-corrected chi connectivity index (χ2v) is 8.66. The van der Waals surface area contributed by atoms with Crippen LogP contribution in [-0.2, 0) is 16.6 Å². The molecule has 1 fully saturated rings. The molecular formula is C26H26N2O. The predicted octanol–water partition coefficient (Wildman–Crippen LogP) is 5.23. The molecule has 2 heterocycles. The Morgan fingerprint density at radius 2 is 1.93 bits per heavy atom. The van der Waals surface area contributed by atoms with Crippen LogP contribution in [0.4, 0.5) is 0 Å². The molecule has 1 amide bonds. The zero-order valence-corrected chi connectivity index (χ0v) is 17.1. The molecule has 2 atom stereocenters. The van der Waals surface area contributed by atoms with Gasteiger partial charge in [-0.3, -0.25) is 4.79 Å². The van der Waals surface area contributed by atoms with Gasteiger partial charge < -0.3 is 4.90 Å². The number of pyridine rings is 1. The van der Waals surface area contributed by atoms with E-state index in [4.69, 9.17) is 4.98 Å². The van der Waals surface area contributed by atoms with Crippen molar-refractivity contribution in [2.75, 3.05) is 7.05 Å². The molecule has 0 bridgehead atoms. The summed E-state index contributed by atoms with van der Waals surface area (Å²) in [6.07, 6.45) is 7.92. The van der Waals surface area contributed by atoms with Gasteiger partial charge in [-0.2, -0.15) is 0 Å². The summed E-state index contributed by atoms with van der Waals surface area (Å²) in [5, 5.41) is 1.16. The number of para-hydroxylation sites is 1. The van der Waals surface area contributed by atoms with E-state index in [0.29, 0.717) is 18.4 Å². The van der Waals surface area contributed by atoms with Crippen molar-refractivity contribution in [3.63, 3.8) is 0 Å². The van der Waals surface area contributed by atoms with E-state index in [9.17, 15) is 4.79 Å². The highest BCUT2D eigenvalue weighted by atomic mass is 16.2. The minimum Gasteiger partial charge on any atom is -0.342 e. The molecule has 1 aliphatic carbocycles. The third-order valence-electron chi connectivity index (χ3n) is 6.95. The SMILES string of the molecule is CN1C(=O)CC[C@]2(C)c3ccc(C=Cc4ccc5ccccc5n4)cc3CC[C@@H]12. The molecule has 5 rings (SSSR count). The van der Waals surface area contributed by atoms with Gasteiger partial charge in [0.05, 0.1) is 11.2 Å². The zero-order chi connectivity index (χ0) is 20.0. The first-order valence-corrected chi connectivity index (χ1v) is 10.5. The molecule has 0 unspecified atom stereocenters. The fourth-order valence-electron chi connectivity index (χ4n) is 5.27. The van der Waals surface area contributed by atoms with Crippen LogP contribution in [0.3, 0.4) is 0 Å². The summed E-state index contributed by atoms with van der Waals surface area (Å²) in [4.78, 5) is 18.9. The van der Waals surface area contributed by atoms with E-state index in [1.165, 1.54) is 16.7 Å². The van der Waals surface area contributed by atoms with Crippen LogP contribution in [0, 0.1) is 0 Å². The molecular weight excluding hydrogens is 356 g/mol. The van der Waals surface area contributed by atoms with Gasteiger partial charge in [-0.05, 0) is 54.2 Å². The van der Waals surface area contributed by atoms with Gasteiger partial charge in [0.2, 0.25) is 5.91 Å². The maximum Gasteiger partial charge on any atom is 0.222 e. The number of hydrogen-bond donors (Lipinski definition) is 0. The first-order chi connectivity index (χ1) is 14.0. The van der Waals surface area contributed by atoms with Gasteiger partial charge in [0.15, 0.2) is 0 Å². The maximum atomic E-state index is 12.2. The maximum absolute atomic E-state index is 12.2. The number of amides is 1. The molecule has 0 N–H and O–H groups in total. The Kier molecular flexibility index (Phi) is 4.27. The number of likely N-dealkylation sites (N-methyl/N-ethyl adjacent to an activating group) is 1. The van der Waals surface area contributed by atoms with Crippen LogP contribution in [0.25, 0.3) is 23.1 Å². The average Bonchev–Trinajstić information content (AvgIpc) is 2.75. The summed E-state index contributed by atoms with van der Waals surface area (Å²) in [6, 6.07) is 19.5. The van der Waals surface area contributed by atoms with Crippen molar-refractivity contribution in [2.24, 2.45) is 0 Å². The fraction of sp³-hybridized carbons (Fsp3) is 0.308. The van der Waals surface area contributed by atoms with Crippen LogP contribution in [0.2, 0.25) is 0 Å². The highest BCUT2D eigenvalue weighted by Gasteiger charge is 2.46. The van der Waals surface area contributed by atoms with Crippen LogP contribution < -0.4 is 0 Å². The van der Waals surface area contributed by atoms with Crippen molar-refractivity contribution in [1.82, 2.24) is 9.88 Å². The number of likely N-dealkylation sites (tertiary alicyclic amines) is 1. The quantitative estimate of drug-likeness (QED) is 0.608. The molecule has 2 aliphatic rings. The summed E-state index contributed by atoms with van der Waals surface area (Å²) in [5.74, 6) is 0.290. The number of piperidine rings is 1. The van der Waals surface area contributed by atoms with Crippen molar-refractivity contribution < 1.29 is 4.79 Å². The summed E-state index contributed by atoms with van der Waals surface area (Å²) < 4.78 is 0. The molecule has 1 aliphatic heterocycles. The van der Waals surface area contributed by atoms with E-state index < -0.39 is 0 Å². The molecule has 0 spiro atoms. The number of rotatable bonds is 2. The van der Waals surface area contributed by atoms with Gasteiger partial charge in [-0.1, -0.05) is 55.5 Å². The van der Waals surface area contributed by atoms with Crippen LogP contribution in [0.15, 0.2) is 54.6 Å². The Morgan fingerprint density at radius 3 is 2.83 bits per heavy atom. The van der Waals surface area contributed by atoms with Crippen LogP contribution in [-0.4, -0.2) is 28.9 Å². The van der Waals surface area contributed by atoms with E-state index >= 15 is 0 Å². The number of carbonyl (C=O) groups excluding carboxylic acids is 1. The third kappa shape index (κ3) is 3.05. The third-order valence-corrected chi connectivity index (χ3v) is 6.95. The van der Waals surface area contributed by atoms with Gasteiger partial charge in [0.1, 0.15) is 0 Å². The largest absolute Gasteiger partial charge is 0.342 e. The highest BCUT2D eigenvalue weighted by Crippen LogP contribution is 2.45. The molecule has 0 saturated carbocycles. The molecule has 1 aromatic heterocycles. The minimum atomic E-state index is 0.0678. The molecule has 1 saturated heterocycles. The van der Waals surface area contributed by atoms with Gasteiger partial charge in [0.25, 0.3) is 0 Å². The van der Waals surface area contributed by atoms with E-state index in [1.54, 1.807) is 0 Å². The van der Waals surface area contributed by atoms with Gasteiger partial charge in [-0.15, -0.1) is 0 Å². The number of aromatic nitrogens is 1. The van der Waals surface area contributed by atoms with Crippen molar-refractivity contribution in [1.29, 1.82) is 0 Å². The Morgan fingerprint density at radius 1 is 1.07 bits per heavy atom. The van der Waals surface area contributed by atoms with E-state index in [0.717, 1.165) is 35.9 Å². The number of carbonyl (C=O) groups is 1. The second kappa shape index (κ2) is 6.84. The Balaban J connectivity index is 1.44. The number of benzene rings is 2. The van der Waals surface area contributed by atoms with Gasteiger partial charge in [-0.25, -0.2) is 4.98 Å². The zero-order valence-electron chi connectivity index (χ0n) is 17.1. The molecule has 3 heteroatoms. The molecule has 3 nitrogen and oxygen atoms in total. The highest BCUT2D eigenvalue weighted by molar-refractivity contribution is 5.81. The molecule has 29 heavy (non-hydrogen) atoms. The van der Waals surface area contributed by atoms with Crippen molar-refractivity contribution >= 4 is 29.0 Å². The minimum absolute atomic E-state index is 0.0678. The van der Waals surface area contributed by atoms with Crippen LogP contribution in [0.1, 0.15) is 48.6 Å². The van der Waals surface area contributed by atoms with E-state index in [2.05, 4.69) is 61.5 Å². The van der Waals surface area contributed by atoms with E-state index in [1.807, 2.05) is 24.1 Å². The normalized spacial score (nSPS) is 24.0. The van der Waals surface area contributed by atoms with Crippen LogP contribution >= 0.6 is 0 Å². The number of aryl methyl sites for hydroxylation is 1. The summed E-state index contributed by atoms with van der Waals surface area (Å²) in [7, 11) is 1.98. The van der Waals surface area contributed by atoms with Crippen molar-refractivity contribution in [3.05, 3.63) is 77.0 Å². The van der Waals surface area contributed by atoms with Gasteiger partial charge >= 0.3 is 0 Å². The topological polar surface area (TPSA) is 33.2 Å². The Bertz CT molecular complexity index is 1130. The fourth-order valence-corrected chi connectivity index (χ4v) is 5.27.